The lowest BCUT2D eigenvalue weighted by Crippen LogP contribution is -2.68. The minimum atomic E-state index is 0.273. The van der Waals surface area contributed by atoms with Gasteiger partial charge < -0.3 is 0 Å². The first kappa shape index (κ1) is 20.2. The molecule has 0 aliphatic heterocycles. The molecule has 0 aromatic carbocycles. The van der Waals surface area contributed by atoms with Gasteiger partial charge in [0.25, 0.3) is 0 Å². The van der Waals surface area contributed by atoms with Crippen LogP contribution in [-0.2, 0) is 0 Å². The number of rotatable bonds is 2. The van der Waals surface area contributed by atoms with E-state index in [-0.39, 0.29) is 10.8 Å². The minimum absolute atomic E-state index is 0.273. The van der Waals surface area contributed by atoms with Gasteiger partial charge in [-0.1, -0.05) is 11.8 Å². The summed E-state index contributed by atoms with van der Waals surface area (Å²) in [7, 11) is 0. The van der Waals surface area contributed by atoms with Crippen molar-refractivity contribution < 1.29 is 0 Å². The van der Waals surface area contributed by atoms with Gasteiger partial charge in [0.2, 0.25) is 0 Å². The predicted octanol–water partition coefficient (Wildman–Crippen LogP) is 8.01. The third-order valence-electron chi connectivity index (χ3n) is 15.0. The zero-order valence-electron chi connectivity index (χ0n) is 21.3. The molecule has 0 saturated heterocycles. The van der Waals surface area contributed by atoms with Crippen molar-refractivity contribution in [1.29, 1.82) is 0 Å². The predicted molar refractivity (Wildman–Crippen MR) is 136 cm³/mol. The molecule has 34 heavy (non-hydrogen) atoms. The maximum absolute atomic E-state index is 6.37. The second kappa shape index (κ2) is 5.82. The third-order valence-corrected chi connectivity index (χ3v) is 15.0. The van der Waals surface area contributed by atoms with E-state index in [4.69, 9.17) is 12.8 Å². The molecule has 12 bridgehead atoms. The Morgan fingerprint density at radius 1 is 0.382 bits per heavy atom. The maximum Gasteiger partial charge on any atom is 0.0322 e. The largest absolute Gasteiger partial charge is 0.120 e. The normalized spacial score (nSPS) is 65.9. The first-order valence-corrected chi connectivity index (χ1v) is 15.3. The summed E-state index contributed by atoms with van der Waals surface area (Å²) < 4.78 is 0. The fourth-order valence-corrected chi connectivity index (χ4v) is 15.6. The zero-order valence-corrected chi connectivity index (χ0v) is 21.3. The minimum Gasteiger partial charge on any atom is -0.120 e. The molecule has 0 nitrogen and oxygen atoms in total. The van der Waals surface area contributed by atoms with E-state index >= 15 is 0 Å². The molecule has 4 atom stereocenters. The summed E-state index contributed by atoms with van der Waals surface area (Å²) in [6.45, 7) is 0. The SMILES string of the molecule is C#CC12CC3CC(C1)CC(C14CC5CC(C1)CC(C16CC7CC(CC(C#C)(C7)C1)C6)(C5)C4)(C3)C2. The Bertz CT molecular complexity index is 921. The first-order valence-electron chi connectivity index (χ1n) is 15.3. The summed E-state index contributed by atoms with van der Waals surface area (Å²) in [5, 5.41) is 0. The fourth-order valence-electron chi connectivity index (χ4n) is 15.6. The molecule has 12 aliphatic rings. The maximum atomic E-state index is 6.37. The van der Waals surface area contributed by atoms with E-state index in [0.29, 0.717) is 21.7 Å². The molecule has 12 aliphatic carbocycles. The molecular formula is C34H44. The average molecular weight is 453 g/mol. The van der Waals surface area contributed by atoms with Crippen LogP contribution in [-0.4, -0.2) is 0 Å². The van der Waals surface area contributed by atoms with E-state index in [1.807, 2.05) is 0 Å². The average Bonchev–Trinajstić information content (AvgIpc) is 2.76. The molecular weight excluding hydrogens is 408 g/mol. The van der Waals surface area contributed by atoms with Crippen LogP contribution in [0, 0.1) is 92.7 Å². The van der Waals surface area contributed by atoms with Crippen molar-refractivity contribution in [2.75, 3.05) is 0 Å². The highest BCUT2D eigenvalue weighted by atomic mass is 14.8. The Balaban J connectivity index is 1.17. The Labute approximate surface area is 208 Å². The van der Waals surface area contributed by atoms with Gasteiger partial charge in [0, 0.05) is 10.8 Å². The van der Waals surface area contributed by atoms with Crippen LogP contribution in [0.25, 0.3) is 0 Å². The molecule has 0 N–H and O–H groups in total. The van der Waals surface area contributed by atoms with Crippen molar-refractivity contribution in [2.45, 2.75) is 116 Å². The van der Waals surface area contributed by atoms with E-state index in [1.54, 1.807) is 64.2 Å². The summed E-state index contributed by atoms with van der Waals surface area (Å²) in [5.41, 5.74) is 2.99. The molecule has 4 unspecified atom stereocenters. The van der Waals surface area contributed by atoms with Gasteiger partial charge >= 0.3 is 0 Å². The van der Waals surface area contributed by atoms with Crippen LogP contribution in [0.3, 0.4) is 0 Å². The topological polar surface area (TPSA) is 0 Å². The van der Waals surface area contributed by atoms with Gasteiger partial charge in [-0.05, 0) is 173 Å². The second-order valence-electron chi connectivity index (χ2n) is 16.9. The van der Waals surface area contributed by atoms with Crippen molar-refractivity contribution >= 4 is 0 Å². The van der Waals surface area contributed by atoms with E-state index in [2.05, 4.69) is 11.8 Å². The molecule has 0 heteroatoms. The van der Waals surface area contributed by atoms with Crippen molar-refractivity contribution in [3.63, 3.8) is 0 Å². The lowest BCUT2D eigenvalue weighted by atomic mass is 9.27. The second-order valence-corrected chi connectivity index (χ2v) is 16.9. The fraction of sp³-hybridized carbons (Fsp3) is 0.882. The van der Waals surface area contributed by atoms with Crippen LogP contribution < -0.4 is 0 Å². The lowest BCUT2D eigenvalue weighted by molar-refractivity contribution is -0.275. The first-order chi connectivity index (χ1) is 16.3. The van der Waals surface area contributed by atoms with Crippen LogP contribution >= 0.6 is 0 Å². The van der Waals surface area contributed by atoms with Gasteiger partial charge in [0.15, 0.2) is 0 Å². The molecule has 0 amide bonds. The molecule has 12 fully saturated rings. The Morgan fingerprint density at radius 2 is 0.647 bits per heavy atom. The molecule has 0 radical (unpaired) electrons. The summed E-state index contributed by atoms with van der Waals surface area (Å²) in [4.78, 5) is 0. The summed E-state index contributed by atoms with van der Waals surface area (Å²) in [6.07, 6.45) is 39.7. The van der Waals surface area contributed by atoms with Crippen molar-refractivity contribution in [3.8, 4) is 24.7 Å². The van der Waals surface area contributed by atoms with Crippen LogP contribution in [0.1, 0.15) is 116 Å². The van der Waals surface area contributed by atoms with Crippen LogP contribution in [0.4, 0.5) is 0 Å². The molecule has 180 valence electrons. The highest BCUT2D eigenvalue weighted by molar-refractivity contribution is 5.28. The monoisotopic (exact) mass is 452 g/mol. The van der Waals surface area contributed by atoms with Crippen molar-refractivity contribution in [1.82, 2.24) is 0 Å². The van der Waals surface area contributed by atoms with Crippen LogP contribution in [0.5, 0.6) is 0 Å². The molecule has 0 aromatic heterocycles. The molecule has 12 saturated carbocycles. The van der Waals surface area contributed by atoms with E-state index in [9.17, 15) is 0 Å². The summed E-state index contributed by atoms with van der Waals surface area (Å²) >= 11 is 0. The Kier molecular flexibility index (Phi) is 3.46. The number of terminal acetylenes is 2. The van der Waals surface area contributed by atoms with Gasteiger partial charge in [0.05, 0.1) is 0 Å². The van der Waals surface area contributed by atoms with Gasteiger partial charge in [-0.2, -0.15) is 0 Å². The molecule has 0 aromatic rings. The van der Waals surface area contributed by atoms with Crippen molar-refractivity contribution in [3.05, 3.63) is 0 Å². The van der Waals surface area contributed by atoms with Gasteiger partial charge in [0.1, 0.15) is 0 Å². The molecule has 12 rings (SSSR count). The van der Waals surface area contributed by atoms with Crippen LogP contribution in [0.2, 0.25) is 0 Å². The quantitative estimate of drug-likeness (QED) is 0.372. The van der Waals surface area contributed by atoms with E-state index in [0.717, 1.165) is 35.5 Å². The van der Waals surface area contributed by atoms with Crippen molar-refractivity contribution in [2.24, 2.45) is 68.0 Å². The number of hydrogen-bond acceptors (Lipinski definition) is 0. The van der Waals surface area contributed by atoms with Gasteiger partial charge in [-0.3, -0.25) is 0 Å². The molecule has 0 spiro atoms. The summed E-state index contributed by atoms with van der Waals surface area (Å²) in [6, 6.07) is 0. The standard InChI is InChI=1S/C34H44/c1-3-29-8-23-5-24(9-29)13-31(12-23,20-29)33-16-27-7-28(17-33)19-34(18-27,22-33)32-14-25-6-26(15-32)11-30(4-2,10-25)21-32/h1-2,23-28H,5-22H2. The summed E-state index contributed by atoms with van der Waals surface area (Å²) in [5.74, 6) is 12.8. The van der Waals surface area contributed by atoms with Gasteiger partial charge in [-0.15, -0.1) is 12.8 Å². The Hall–Kier alpha value is -0.880. The van der Waals surface area contributed by atoms with E-state index < -0.39 is 0 Å². The van der Waals surface area contributed by atoms with E-state index in [1.165, 1.54) is 51.4 Å². The third kappa shape index (κ3) is 2.21. The number of hydrogen-bond donors (Lipinski definition) is 0. The zero-order chi connectivity index (χ0) is 22.6. The smallest absolute Gasteiger partial charge is 0.0322 e. The highest BCUT2D eigenvalue weighted by Crippen LogP contribution is 2.83. The lowest BCUT2D eigenvalue weighted by Gasteiger charge is -2.77. The Morgan fingerprint density at radius 3 is 0.941 bits per heavy atom. The van der Waals surface area contributed by atoms with Gasteiger partial charge in [-0.25, -0.2) is 0 Å². The highest BCUT2D eigenvalue weighted by Gasteiger charge is 2.74. The molecule has 0 heterocycles. The van der Waals surface area contributed by atoms with Crippen LogP contribution in [0.15, 0.2) is 0 Å².